The van der Waals surface area contributed by atoms with Crippen LogP contribution in [0.15, 0.2) is 0 Å². The molecule has 1 rings (SSSR count). The number of aliphatic hydroxyl groups is 1. The summed E-state index contributed by atoms with van der Waals surface area (Å²) in [6, 6.07) is 0. The van der Waals surface area contributed by atoms with Gasteiger partial charge in [0.25, 0.3) is 0 Å². The molecule has 1 fully saturated rings. The number of likely N-dealkylation sites (tertiary alicyclic amines) is 1. The van der Waals surface area contributed by atoms with Gasteiger partial charge in [-0.2, -0.15) is 0 Å². The van der Waals surface area contributed by atoms with E-state index in [-0.39, 0.29) is 12.0 Å². The summed E-state index contributed by atoms with van der Waals surface area (Å²) in [5.41, 5.74) is 0. The third-order valence-electron chi connectivity index (χ3n) is 2.14. The van der Waals surface area contributed by atoms with Crippen LogP contribution in [-0.4, -0.2) is 35.1 Å². The first-order chi connectivity index (χ1) is 5.20. The van der Waals surface area contributed by atoms with E-state index in [9.17, 15) is 9.90 Å². The molecule has 11 heavy (non-hydrogen) atoms. The number of hydrogen-bond donors (Lipinski definition) is 1. The van der Waals surface area contributed by atoms with E-state index in [0.29, 0.717) is 0 Å². The third kappa shape index (κ3) is 2.50. The molecule has 1 amide bonds. The van der Waals surface area contributed by atoms with Gasteiger partial charge in [-0.1, -0.05) is 0 Å². The molecule has 0 spiro atoms. The van der Waals surface area contributed by atoms with Crippen molar-refractivity contribution in [1.82, 2.24) is 4.90 Å². The molecular formula is C8H15NO2. The van der Waals surface area contributed by atoms with Crippen molar-refractivity contribution in [2.45, 2.75) is 32.3 Å². The number of aliphatic hydroxyl groups excluding tert-OH is 1. The SMILES string of the molecule is CC(=O)N1CCC[C@@H](O)CC1. The molecule has 1 atom stereocenters. The molecule has 1 saturated heterocycles. The highest BCUT2D eigenvalue weighted by molar-refractivity contribution is 5.73. The van der Waals surface area contributed by atoms with Crippen LogP contribution in [0, 0.1) is 0 Å². The summed E-state index contributed by atoms with van der Waals surface area (Å²) in [6.07, 6.45) is 2.31. The second kappa shape index (κ2) is 3.72. The predicted molar refractivity (Wildman–Crippen MR) is 42.1 cm³/mol. The minimum Gasteiger partial charge on any atom is -0.393 e. The summed E-state index contributed by atoms with van der Waals surface area (Å²) >= 11 is 0. The lowest BCUT2D eigenvalue weighted by molar-refractivity contribution is -0.128. The zero-order valence-electron chi connectivity index (χ0n) is 6.92. The van der Waals surface area contributed by atoms with E-state index in [1.165, 1.54) is 0 Å². The lowest BCUT2D eigenvalue weighted by Gasteiger charge is -2.17. The van der Waals surface area contributed by atoms with Crippen LogP contribution in [0.3, 0.4) is 0 Å². The predicted octanol–water partition coefficient (Wildman–Crippen LogP) is 0.380. The van der Waals surface area contributed by atoms with Crippen LogP contribution >= 0.6 is 0 Å². The fourth-order valence-corrected chi connectivity index (χ4v) is 1.39. The van der Waals surface area contributed by atoms with Crippen molar-refractivity contribution in [2.75, 3.05) is 13.1 Å². The fraction of sp³-hybridized carbons (Fsp3) is 0.875. The summed E-state index contributed by atoms with van der Waals surface area (Å²) in [5, 5.41) is 9.25. The first-order valence-electron chi connectivity index (χ1n) is 4.13. The van der Waals surface area contributed by atoms with E-state index < -0.39 is 0 Å². The van der Waals surface area contributed by atoms with Crippen LogP contribution < -0.4 is 0 Å². The van der Waals surface area contributed by atoms with Crippen LogP contribution in [0.5, 0.6) is 0 Å². The molecule has 0 aromatic rings. The molecule has 1 aliphatic rings. The zero-order valence-corrected chi connectivity index (χ0v) is 6.92. The number of nitrogens with zero attached hydrogens (tertiary/aromatic N) is 1. The minimum atomic E-state index is -0.195. The molecule has 0 saturated carbocycles. The van der Waals surface area contributed by atoms with Gasteiger partial charge in [0.05, 0.1) is 6.10 Å². The average molecular weight is 157 g/mol. The number of amides is 1. The van der Waals surface area contributed by atoms with Crippen molar-refractivity contribution in [3.8, 4) is 0 Å². The van der Waals surface area contributed by atoms with Gasteiger partial charge in [0.1, 0.15) is 0 Å². The van der Waals surface area contributed by atoms with Crippen molar-refractivity contribution >= 4 is 5.91 Å². The average Bonchev–Trinajstić information content (AvgIpc) is 2.13. The minimum absolute atomic E-state index is 0.124. The fourth-order valence-electron chi connectivity index (χ4n) is 1.39. The van der Waals surface area contributed by atoms with Crippen molar-refractivity contribution in [3.63, 3.8) is 0 Å². The summed E-state index contributed by atoms with van der Waals surface area (Å²) in [4.78, 5) is 12.7. The van der Waals surface area contributed by atoms with E-state index >= 15 is 0 Å². The molecule has 0 aromatic heterocycles. The van der Waals surface area contributed by atoms with Crippen molar-refractivity contribution in [1.29, 1.82) is 0 Å². The van der Waals surface area contributed by atoms with E-state index in [2.05, 4.69) is 0 Å². The van der Waals surface area contributed by atoms with Gasteiger partial charge in [-0.15, -0.1) is 0 Å². The van der Waals surface area contributed by atoms with Gasteiger partial charge in [0.15, 0.2) is 0 Å². The van der Waals surface area contributed by atoms with Gasteiger partial charge < -0.3 is 10.0 Å². The molecule has 1 N–H and O–H groups in total. The first kappa shape index (κ1) is 8.53. The Morgan fingerprint density at radius 3 is 2.82 bits per heavy atom. The Hall–Kier alpha value is -0.570. The molecule has 64 valence electrons. The second-order valence-electron chi connectivity index (χ2n) is 3.09. The second-order valence-corrected chi connectivity index (χ2v) is 3.09. The standard InChI is InChI=1S/C8H15NO2/c1-7(10)9-5-2-3-8(11)4-6-9/h8,11H,2-6H2,1H3/t8-/m1/s1. The maximum absolute atomic E-state index is 10.9. The quantitative estimate of drug-likeness (QED) is 0.552. The molecule has 0 unspecified atom stereocenters. The summed E-state index contributed by atoms with van der Waals surface area (Å²) in [5.74, 6) is 0.124. The number of hydrogen-bond acceptors (Lipinski definition) is 2. The third-order valence-corrected chi connectivity index (χ3v) is 2.14. The first-order valence-corrected chi connectivity index (χ1v) is 4.13. The zero-order chi connectivity index (χ0) is 8.27. The normalized spacial score (nSPS) is 26.4. The van der Waals surface area contributed by atoms with Gasteiger partial charge >= 0.3 is 0 Å². The van der Waals surface area contributed by atoms with Crippen LogP contribution in [0.25, 0.3) is 0 Å². The highest BCUT2D eigenvalue weighted by atomic mass is 16.3. The van der Waals surface area contributed by atoms with E-state index in [0.717, 1.165) is 32.4 Å². The van der Waals surface area contributed by atoms with Gasteiger partial charge in [-0.3, -0.25) is 4.79 Å². The Labute approximate surface area is 67.0 Å². The van der Waals surface area contributed by atoms with Crippen LogP contribution in [0.4, 0.5) is 0 Å². The highest BCUT2D eigenvalue weighted by Gasteiger charge is 2.15. The lowest BCUT2D eigenvalue weighted by atomic mass is 10.2. The molecule has 3 nitrogen and oxygen atoms in total. The molecule has 0 radical (unpaired) electrons. The van der Waals surface area contributed by atoms with Gasteiger partial charge in [0.2, 0.25) is 5.91 Å². The Morgan fingerprint density at radius 1 is 1.45 bits per heavy atom. The van der Waals surface area contributed by atoms with Crippen molar-refractivity contribution in [2.24, 2.45) is 0 Å². The molecule has 1 aliphatic heterocycles. The maximum Gasteiger partial charge on any atom is 0.219 e. The molecule has 0 bridgehead atoms. The highest BCUT2D eigenvalue weighted by Crippen LogP contribution is 2.10. The van der Waals surface area contributed by atoms with Gasteiger partial charge in [-0.25, -0.2) is 0 Å². The van der Waals surface area contributed by atoms with E-state index in [4.69, 9.17) is 0 Å². The molecule has 3 heteroatoms. The Bertz CT molecular complexity index is 147. The molecular weight excluding hydrogens is 142 g/mol. The van der Waals surface area contributed by atoms with E-state index in [1.807, 2.05) is 0 Å². The number of carbonyl (C=O) groups is 1. The Morgan fingerprint density at radius 2 is 2.18 bits per heavy atom. The molecule has 0 aromatic carbocycles. The summed E-state index contributed by atoms with van der Waals surface area (Å²) < 4.78 is 0. The molecule has 1 heterocycles. The van der Waals surface area contributed by atoms with Crippen molar-refractivity contribution in [3.05, 3.63) is 0 Å². The van der Waals surface area contributed by atoms with E-state index in [1.54, 1.807) is 11.8 Å². The monoisotopic (exact) mass is 157 g/mol. The van der Waals surface area contributed by atoms with Gasteiger partial charge in [-0.05, 0) is 19.3 Å². The van der Waals surface area contributed by atoms with Crippen LogP contribution in [0.2, 0.25) is 0 Å². The Balaban J connectivity index is 2.40. The molecule has 0 aliphatic carbocycles. The van der Waals surface area contributed by atoms with Gasteiger partial charge in [0, 0.05) is 20.0 Å². The Kier molecular flexibility index (Phi) is 2.88. The maximum atomic E-state index is 10.9. The largest absolute Gasteiger partial charge is 0.393 e. The topological polar surface area (TPSA) is 40.5 Å². The summed E-state index contributed by atoms with van der Waals surface area (Å²) in [6.45, 7) is 3.11. The lowest BCUT2D eigenvalue weighted by Crippen LogP contribution is -2.29. The van der Waals surface area contributed by atoms with Crippen LogP contribution in [0.1, 0.15) is 26.2 Å². The number of rotatable bonds is 0. The summed E-state index contributed by atoms with van der Waals surface area (Å²) in [7, 11) is 0. The van der Waals surface area contributed by atoms with Crippen LogP contribution in [-0.2, 0) is 4.79 Å². The number of carbonyl (C=O) groups excluding carboxylic acids is 1. The van der Waals surface area contributed by atoms with Crippen molar-refractivity contribution < 1.29 is 9.90 Å². The smallest absolute Gasteiger partial charge is 0.219 e.